The van der Waals surface area contributed by atoms with E-state index in [1.807, 2.05) is 0 Å². The Bertz CT molecular complexity index is 138. The number of hydrogen-bond donors (Lipinski definition) is 1. The number of nitrogen functional groups attached to an aromatic ring is 1. The molecule has 2 N–H and O–H groups in total. The molecule has 8 heavy (non-hydrogen) atoms. The van der Waals surface area contributed by atoms with E-state index in [4.69, 9.17) is 5.73 Å². The fourth-order valence-corrected chi connectivity index (χ4v) is 0.400. The third kappa shape index (κ3) is 2.17. The number of hydrogen-bond acceptors (Lipinski definition) is 1. The van der Waals surface area contributed by atoms with E-state index in [1.54, 1.807) is 24.3 Å². The number of rotatable bonds is 0. The second-order valence-electron chi connectivity index (χ2n) is 1.33. The van der Waals surface area contributed by atoms with Crippen LogP contribution in [0.4, 0.5) is 5.69 Å². The summed E-state index contributed by atoms with van der Waals surface area (Å²) in [6.07, 6.45) is 0. The van der Waals surface area contributed by atoms with E-state index in [-0.39, 0.29) is 22.4 Å². The van der Waals surface area contributed by atoms with Crippen molar-refractivity contribution in [2.24, 2.45) is 0 Å². The van der Waals surface area contributed by atoms with Crippen LogP contribution in [-0.4, -0.2) is 0 Å². The molecule has 1 nitrogen and oxygen atoms in total. The molecule has 46 valence electrons. The molecule has 2 heteroatoms. The topological polar surface area (TPSA) is 26.0 Å². The van der Waals surface area contributed by atoms with Crippen LogP contribution >= 0.6 is 0 Å². The van der Waals surface area contributed by atoms with Crippen LogP contribution in [0.15, 0.2) is 24.3 Å². The molecule has 0 aliphatic heterocycles. The van der Waals surface area contributed by atoms with E-state index in [1.165, 1.54) is 0 Å². The standard InChI is InChI=1S/C6H6N.Au/c7-6-4-2-1-3-5-6;/h2-5H,7H2;/q-1;+1. The molecule has 0 heterocycles. The molecule has 0 aliphatic carbocycles. The Morgan fingerprint density at radius 3 is 2.00 bits per heavy atom. The Morgan fingerprint density at radius 1 is 1.25 bits per heavy atom. The van der Waals surface area contributed by atoms with Crippen LogP contribution in [0.1, 0.15) is 0 Å². The molecule has 0 bridgehead atoms. The zero-order valence-electron chi connectivity index (χ0n) is 4.19. The SMILES string of the molecule is Nc1cc[c-]cc1.[Au+]. The van der Waals surface area contributed by atoms with Gasteiger partial charge in [-0.05, 0) is 0 Å². The van der Waals surface area contributed by atoms with Gasteiger partial charge in [-0.3, -0.25) is 0 Å². The van der Waals surface area contributed by atoms with Crippen molar-refractivity contribution in [3.8, 4) is 0 Å². The largest absolute Gasteiger partial charge is 1.00 e. The fraction of sp³-hybridized carbons (Fsp3) is 0. The molecule has 0 unspecified atom stereocenters. The summed E-state index contributed by atoms with van der Waals surface area (Å²) >= 11 is 0. The van der Waals surface area contributed by atoms with Crippen molar-refractivity contribution < 1.29 is 22.4 Å². The number of nitrogens with two attached hydrogens (primary N) is 1. The quantitative estimate of drug-likeness (QED) is 0.431. The Hall–Kier alpha value is -0.240. The molecule has 1 rings (SSSR count). The number of anilines is 1. The van der Waals surface area contributed by atoms with Gasteiger partial charge in [-0.25, -0.2) is 0 Å². The molecule has 0 radical (unpaired) electrons. The molecule has 1 aromatic rings. The van der Waals surface area contributed by atoms with Gasteiger partial charge in [0, 0.05) is 0 Å². The average Bonchev–Trinajstić information content (AvgIpc) is 1.69. The molecule has 0 saturated carbocycles. The molecular weight excluding hydrogens is 283 g/mol. The third-order valence-electron chi connectivity index (χ3n) is 0.744. The van der Waals surface area contributed by atoms with Gasteiger partial charge in [0.05, 0.1) is 0 Å². The van der Waals surface area contributed by atoms with Crippen molar-refractivity contribution in [2.45, 2.75) is 0 Å². The molecule has 0 saturated heterocycles. The first-order chi connectivity index (χ1) is 3.39. The minimum absolute atomic E-state index is 0. The maximum atomic E-state index is 5.34. The predicted octanol–water partition coefficient (Wildman–Crippen LogP) is 1.07. The first kappa shape index (κ1) is 7.76. The minimum Gasteiger partial charge on any atom is -0.419 e. The summed E-state index contributed by atoms with van der Waals surface area (Å²) in [5.74, 6) is 0. The van der Waals surface area contributed by atoms with Crippen molar-refractivity contribution in [3.63, 3.8) is 0 Å². The van der Waals surface area contributed by atoms with E-state index in [9.17, 15) is 0 Å². The van der Waals surface area contributed by atoms with Crippen molar-refractivity contribution in [1.82, 2.24) is 0 Å². The summed E-state index contributed by atoms with van der Waals surface area (Å²) < 4.78 is 0. The molecule has 0 spiro atoms. The Kier molecular flexibility index (Phi) is 3.61. The smallest absolute Gasteiger partial charge is 0.419 e. The maximum absolute atomic E-state index is 5.34. The predicted molar refractivity (Wildman–Crippen MR) is 29.7 cm³/mol. The molecule has 0 fully saturated rings. The van der Waals surface area contributed by atoms with Gasteiger partial charge < -0.3 is 5.73 Å². The number of benzene rings is 1. The van der Waals surface area contributed by atoms with Crippen LogP contribution in [0.3, 0.4) is 0 Å². The maximum Gasteiger partial charge on any atom is 1.00 e. The van der Waals surface area contributed by atoms with Gasteiger partial charge in [0.25, 0.3) is 0 Å². The summed E-state index contributed by atoms with van der Waals surface area (Å²) in [7, 11) is 0. The zero-order valence-corrected chi connectivity index (χ0v) is 6.35. The molecule has 1 aromatic carbocycles. The molecule has 0 aromatic heterocycles. The molecule has 0 aliphatic rings. The van der Waals surface area contributed by atoms with Crippen LogP contribution in [0.25, 0.3) is 0 Å². The van der Waals surface area contributed by atoms with E-state index in [2.05, 4.69) is 6.07 Å². The van der Waals surface area contributed by atoms with Gasteiger partial charge in [0.2, 0.25) is 0 Å². The van der Waals surface area contributed by atoms with Crippen molar-refractivity contribution in [2.75, 3.05) is 5.73 Å². The first-order valence-electron chi connectivity index (χ1n) is 2.11. The minimum atomic E-state index is 0. The normalized spacial score (nSPS) is 7.50. The van der Waals surface area contributed by atoms with Crippen molar-refractivity contribution in [1.29, 1.82) is 0 Å². The monoisotopic (exact) mass is 289 g/mol. The third-order valence-corrected chi connectivity index (χ3v) is 0.744. The van der Waals surface area contributed by atoms with E-state index in [0.717, 1.165) is 5.69 Å². The fourth-order valence-electron chi connectivity index (χ4n) is 0.400. The van der Waals surface area contributed by atoms with Crippen molar-refractivity contribution >= 4 is 5.69 Å². The van der Waals surface area contributed by atoms with Gasteiger partial charge in [-0.1, -0.05) is 5.69 Å². The van der Waals surface area contributed by atoms with E-state index >= 15 is 0 Å². The van der Waals surface area contributed by atoms with Gasteiger partial charge >= 0.3 is 22.4 Å². The van der Waals surface area contributed by atoms with E-state index < -0.39 is 0 Å². The summed E-state index contributed by atoms with van der Waals surface area (Å²) in [6.45, 7) is 0. The molecule has 0 atom stereocenters. The molecular formula is C6H6AuN. The zero-order chi connectivity index (χ0) is 5.11. The van der Waals surface area contributed by atoms with Gasteiger partial charge in [-0.15, -0.1) is 12.1 Å². The van der Waals surface area contributed by atoms with Crippen LogP contribution in [0, 0.1) is 6.07 Å². The average molecular weight is 289 g/mol. The second kappa shape index (κ2) is 3.72. The van der Waals surface area contributed by atoms with Crippen LogP contribution in [0.5, 0.6) is 0 Å². The summed E-state index contributed by atoms with van der Waals surface area (Å²) in [5.41, 5.74) is 6.13. The van der Waals surface area contributed by atoms with Crippen LogP contribution in [-0.2, 0) is 22.4 Å². The molecule has 0 amide bonds. The second-order valence-corrected chi connectivity index (χ2v) is 1.33. The first-order valence-corrected chi connectivity index (χ1v) is 2.11. The summed E-state index contributed by atoms with van der Waals surface area (Å²) in [6, 6.07) is 10.0. The van der Waals surface area contributed by atoms with E-state index in [0.29, 0.717) is 0 Å². The van der Waals surface area contributed by atoms with Crippen molar-refractivity contribution in [3.05, 3.63) is 30.3 Å². The Morgan fingerprint density at radius 2 is 1.75 bits per heavy atom. The Labute approximate surface area is 64.4 Å². The summed E-state index contributed by atoms with van der Waals surface area (Å²) in [4.78, 5) is 0. The van der Waals surface area contributed by atoms with Gasteiger partial charge in [0.1, 0.15) is 0 Å². The van der Waals surface area contributed by atoms with Crippen LogP contribution in [0.2, 0.25) is 0 Å². The van der Waals surface area contributed by atoms with Crippen LogP contribution < -0.4 is 5.73 Å². The van der Waals surface area contributed by atoms with Gasteiger partial charge in [0.15, 0.2) is 0 Å². The Balaban J connectivity index is 0.000000490. The van der Waals surface area contributed by atoms with Gasteiger partial charge in [-0.2, -0.15) is 18.2 Å². The summed E-state index contributed by atoms with van der Waals surface area (Å²) in [5, 5.41) is 0.